The molecule has 2 aromatic rings. The molecule has 0 aromatic heterocycles. The molecule has 0 saturated carbocycles. The van der Waals surface area contributed by atoms with Gasteiger partial charge in [-0.1, -0.05) is 28.1 Å². The number of benzene rings is 2. The SMILES string of the molecule is Cc1ccc(C(=O)CCC(=O)Nc2ccc(Br)cc2C)cc1C. The van der Waals surface area contributed by atoms with E-state index in [0.717, 1.165) is 26.9 Å². The largest absolute Gasteiger partial charge is 0.326 e. The van der Waals surface area contributed by atoms with E-state index >= 15 is 0 Å². The van der Waals surface area contributed by atoms with Crippen molar-refractivity contribution in [2.45, 2.75) is 33.6 Å². The van der Waals surface area contributed by atoms with E-state index < -0.39 is 0 Å². The number of hydrogen-bond acceptors (Lipinski definition) is 2. The van der Waals surface area contributed by atoms with Crippen molar-refractivity contribution in [3.8, 4) is 0 Å². The van der Waals surface area contributed by atoms with Gasteiger partial charge in [0.1, 0.15) is 0 Å². The summed E-state index contributed by atoms with van der Waals surface area (Å²) in [5.41, 5.74) is 4.67. The number of ketones is 1. The highest BCUT2D eigenvalue weighted by Crippen LogP contribution is 2.20. The molecule has 120 valence electrons. The number of anilines is 1. The molecular formula is C19H20BrNO2. The number of amides is 1. The quantitative estimate of drug-likeness (QED) is 0.751. The van der Waals surface area contributed by atoms with Crippen LogP contribution in [0.3, 0.4) is 0 Å². The highest BCUT2D eigenvalue weighted by molar-refractivity contribution is 9.10. The first-order chi connectivity index (χ1) is 10.9. The molecule has 0 aliphatic carbocycles. The predicted molar refractivity (Wildman–Crippen MR) is 97.0 cm³/mol. The lowest BCUT2D eigenvalue weighted by Gasteiger charge is -2.09. The van der Waals surface area contributed by atoms with Gasteiger partial charge in [-0.25, -0.2) is 0 Å². The number of hydrogen-bond donors (Lipinski definition) is 1. The average molecular weight is 374 g/mol. The number of Topliss-reactive ketones (excluding diaryl/α,β-unsaturated/α-hetero) is 1. The van der Waals surface area contributed by atoms with Crippen LogP contribution in [0, 0.1) is 20.8 Å². The van der Waals surface area contributed by atoms with E-state index in [4.69, 9.17) is 0 Å². The second-order valence-electron chi connectivity index (χ2n) is 5.73. The monoisotopic (exact) mass is 373 g/mol. The zero-order chi connectivity index (χ0) is 17.0. The van der Waals surface area contributed by atoms with E-state index in [2.05, 4.69) is 21.2 Å². The fraction of sp³-hybridized carbons (Fsp3) is 0.263. The summed E-state index contributed by atoms with van der Waals surface area (Å²) in [6.45, 7) is 5.92. The molecule has 0 unspecified atom stereocenters. The molecule has 0 atom stereocenters. The zero-order valence-electron chi connectivity index (χ0n) is 13.6. The van der Waals surface area contributed by atoms with Crippen LogP contribution in [0.5, 0.6) is 0 Å². The Morgan fingerprint density at radius 2 is 1.65 bits per heavy atom. The van der Waals surface area contributed by atoms with Crippen molar-refractivity contribution < 1.29 is 9.59 Å². The molecule has 2 rings (SSSR count). The molecule has 0 fully saturated rings. The van der Waals surface area contributed by atoms with Gasteiger partial charge in [0.25, 0.3) is 0 Å². The molecule has 3 nitrogen and oxygen atoms in total. The number of halogens is 1. The van der Waals surface area contributed by atoms with Gasteiger partial charge < -0.3 is 5.32 Å². The third-order valence-corrected chi connectivity index (χ3v) is 4.36. The van der Waals surface area contributed by atoms with Crippen molar-refractivity contribution >= 4 is 33.3 Å². The first-order valence-corrected chi connectivity index (χ1v) is 8.32. The average Bonchev–Trinajstić information content (AvgIpc) is 2.50. The summed E-state index contributed by atoms with van der Waals surface area (Å²) in [5, 5.41) is 2.85. The number of nitrogens with one attached hydrogen (secondary N) is 1. The molecule has 1 N–H and O–H groups in total. The van der Waals surface area contributed by atoms with Crippen LogP contribution in [-0.4, -0.2) is 11.7 Å². The van der Waals surface area contributed by atoms with E-state index in [0.29, 0.717) is 5.56 Å². The fourth-order valence-corrected chi connectivity index (χ4v) is 2.74. The van der Waals surface area contributed by atoms with Gasteiger partial charge in [0.15, 0.2) is 5.78 Å². The molecule has 0 radical (unpaired) electrons. The first-order valence-electron chi connectivity index (χ1n) is 7.53. The summed E-state index contributed by atoms with van der Waals surface area (Å²) < 4.78 is 0.970. The highest BCUT2D eigenvalue weighted by Gasteiger charge is 2.11. The lowest BCUT2D eigenvalue weighted by Crippen LogP contribution is -2.14. The van der Waals surface area contributed by atoms with Crippen molar-refractivity contribution in [2.75, 3.05) is 5.32 Å². The Morgan fingerprint density at radius 1 is 0.913 bits per heavy atom. The van der Waals surface area contributed by atoms with E-state index in [1.807, 2.05) is 57.2 Å². The number of carbonyl (C=O) groups is 2. The van der Waals surface area contributed by atoms with Gasteiger partial charge in [-0.05, 0) is 61.7 Å². The third kappa shape index (κ3) is 4.76. The van der Waals surface area contributed by atoms with E-state index in [1.54, 1.807) is 0 Å². The van der Waals surface area contributed by atoms with Gasteiger partial charge in [-0.2, -0.15) is 0 Å². The zero-order valence-corrected chi connectivity index (χ0v) is 15.2. The summed E-state index contributed by atoms with van der Waals surface area (Å²) in [6, 6.07) is 11.3. The van der Waals surface area contributed by atoms with Crippen LogP contribution in [0.4, 0.5) is 5.69 Å². The molecule has 2 aromatic carbocycles. The van der Waals surface area contributed by atoms with Crippen LogP contribution in [-0.2, 0) is 4.79 Å². The normalized spacial score (nSPS) is 10.4. The van der Waals surface area contributed by atoms with Crippen molar-refractivity contribution in [1.29, 1.82) is 0 Å². The lowest BCUT2D eigenvalue weighted by atomic mass is 10.0. The Bertz CT molecular complexity index is 753. The van der Waals surface area contributed by atoms with Crippen LogP contribution in [0.15, 0.2) is 40.9 Å². The second-order valence-corrected chi connectivity index (χ2v) is 6.65. The molecule has 23 heavy (non-hydrogen) atoms. The van der Waals surface area contributed by atoms with Gasteiger partial charge in [-0.3, -0.25) is 9.59 Å². The molecule has 0 aliphatic rings. The summed E-state index contributed by atoms with van der Waals surface area (Å²) in [6.07, 6.45) is 0.394. The minimum atomic E-state index is -0.146. The molecule has 4 heteroatoms. The minimum absolute atomic E-state index is 0.00391. The molecule has 0 spiro atoms. The van der Waals surface area contributed by atoms with Gasteiger partial charge in [-0.15, -0.1) is 0 Å². The minimum Gasteiger partial charge on any atom is -0.326 e. The van der Waals surface area contributed by atoms with E-state index in [-0.39, 0.29) is 24.5 Å². The molecule has 0 saturated heterocycles. The van der Waals surface area contributed by atoms with Gasteiger partial charge in [0.05, 0.1) is 0 Å². The molecule has 0 heterocycles. The number of aryl methyl sites for hydroxylation is 3. The van der Waals surface area contributed by atoms with Crippen molar-refractivity contribution in [3.63, 3.8) is 0 Å². The Hall–Kier alpha value is -1.94. The maximum atomic E-state index is 12.2. The second kappa shape index (κ2) is 7.55. The van der Waals surface area contributed by atoms with Crippen LogP contribution in [0.2, 0.25) is 0 Å². The van der Waals surface area contributed by atoms with Crippen molar-refractivity contribution in [1.82, 2.24) is 0 Å². The maximum absolute atomic E-state index is 12.2. The smallest absolute Gasteiger partial charge is 0.224 e. The molecular weight excluding hydrogens is 354 g/mol. The Balaban J connectivity index is 1.93. The van der Waals surface area contributed by atoms with E-state index in [9.17, 15) is 9.59 Å². The van der Waals surface area contributed by atoms with Crippen LogP contribution in [0.1, 0.15) is 39.9 Å². The van der Waals surface area contributed by atoms with Gasteiger partial charge in [0, 0.05) is 28.6 Å². The Kier molecular flexibility index (Phi) is 5.72. The molecule has 1 amide bonds. The Morgan fingerprint density at radius 3 is 2.30 bits per heavy atom. The third-order valence-electron chi connectivity index (χ3n) is 3.87. The molecule has 0 aliphatic heterocycles. The standard InChI is InChI=1S/C19H20BrNO2/c1-12-4-5-15(10-13(12)2)18(22)8-9-19(23)21-17-7-6-16(20)11-14(17)3/h4-7,10-11H,8-9H2,1-3H3,(H,21,23). The predicted octanol–water partition coefficient (Wildman–Crippen LogP) is 4.98. The summed E-state index contributed by atoms with van der Waals surface area (Å²) in [7, 11) is 0. The lowest BCUT2D eigenvalue weighted by molar-refractivity contribution is -0.116. The van der Waals surface area contributed by atoms with E-state index in [1.165, 1.54) is 0 Å². The first kappa shape index (κ1) is 17.4. The van der Waals surface area contributed by atoms with Crippen LogP contribution in [0.25, 0.3) is 0 Å². The summed E-state index contributed by atoms with van der Waals surface area (Å²) >= 11 is 3.39. The van der Waals surface area contributed by atoms with Gasteiger partial charge >= 0.3 is 0 Å². The van der Waals surface area contributed by atoms with Crippen molar-refractivity contribution in [3.05, 3.63) is 63.1 Å². The fourth-order valence-electron chi connectivity index (χ4n) is 2.27. The van der Waals surface area contributed by atoms with Crippen LogP contribution >= 0.6 is 15.9 Å². The van der Waals surface area contributed by atoms with Crippen LogP contribution < -0.4 is 5.32 Å². The summed E-state index contributed by atoms with van der Waals surface area (Å²) in [4.78, 5) is 24.2. The topological polar surface area (TPSA) is 46.2 Å². The number of rotatable bonds is 5. The Labute approximate surface area is 145 Å². The molecule has 0 bridgehead atoms. The maximum Gasteiger partial charge on any atom is 0.224 e. The summed E-state index contributed by atoms with van der Waals surface area (Å²) in [5.74, 6) is -0.150. The van der Waals surface area contributed by atoms with Gasteiger partial charge in [0.2, 0.25) is 5.91 Å². The highest BCUT2D eigenvalue weighted by atomic mass is 79.9. The van der Waals surface area contributed by atoms with Crippen molar-refractivity contribution in [2.24, 2.45) is 0 Å². The number of carbonyl (C=O) groups excluding carboxylic acids is 2.